The highest BCUT2D eigenvalue weighted by molar-refractivity contribution is 8.00. The van der Waals surface area contributed by atoms with Crippen LogP contribution in [0.2, 0.25) is 0 Å². The van der Waals surface area contributed by atoms with Crippen LogP contribution in [-0.4, -0.2) is 63.5 Å². The third kappa shape index (κ3) is 4.62. The van der Waals surface area contributed by atoms with Crippen LogP contribution in [0.4, 0.5) is 4.39 Å². The molecule has 3 aromatic heterocycles. The lowest BCUT2D eigenvalue weighted by Gasteiger charge is -2.34. The third-order valence-electron chi connectivity index (χ3n) is 5.39. The van der Waals surface area contributed by atoms with Crippen molar-refractivity contribution < 1.29 is 18.4 Å². The van der Waals surface area contributed by atoms with Crippen LogP contribution < -0.4 is 0 Å². The van der Waals surface area contributed by atoms with E-state index >= 15 is 0 Å². The smallest absolute Gasteiger partial charge is 0.289 e. The number of thioether (sulfide) groups is 1. The standard InChI is InChI=1S/C23H19FN4O3S2/c24-16-5-3-15(4-6-16)19-12-17-21(33-19)22(26-14-25-17)32-13-20(29)27-7-9-28(10-8-27)23(30)18-2-1-11-31-18/h1-6,11-12,14H,7-10,13H2. The minimum absolute atomic E-state index is 0.00664. The topological polar surface area (TPSA) is 79.5 Å². The predicted octanol–water partition coefficient (Wildman–Crippen LogP) is 4.17. The number of fused-ring (bicyclic) bond motifs is 1. The molecule has 0 N–H and O–H groups in total. The molecule has 0 saturated carbocycles. The normalized spacial score (nSPS) is 14.1. The number of rotatable bonds is 5. The molecule has 2 amide bonds. The number of halogens is 1. The highest BCUT2D eigenvalue weighted by Gasteiger charge is 2.26. The van der Waals surface area contributed by atoms with Gasteiger partial charge in [-0.2, -0.15) is 0 Å². The molecule has 4 aromatic rings. The maximum Gasteiger partial charge on any atom is 0.289 e. The summed E-state index contributed by atoms with van der Waals surface area (Å²) in [5, 5.41) is 0.748. The van der Waals surface area contributed by atoms with Gasteiger partial charge in [0.05, 0.1) is 22.2 Å². The maximum absolute atomic E-state index is 13.2. The van der Waals surface area contributed by atoms with Crippen LogP contribution in [0, 0.1) is 5.82 Å². The van der Waals surface area contributed by atoms with E-state index in [1.165, 1.54) is 47.8 Å². The molecule has 1 aliphatic rings. The molecule has 0 unspecified atom stereocenters. The molecular formula is C23H19FN4O3S2. The summed E-state index contributed by atoms with van der Waals surface area (Å²) in [5.74, 6) is 0.142. The average Bonchev–Trinajstić information content (AvgIpc) is 3.53. The molecule has 7 nitrogen and oxygen atoms in total. The second-order valence-electron chi connectivity index (χ2n) is 7.45. The van der Waals surface area contributed by atoms with Gasteiger partial charge < -0.3 is 14.2 Å². The van der Waals surface area contributed by atoms with Crippen LogP contribution in [0.25, 0.3) is 20.7 Å². The molecule has 0 spiro atoms. The van der Waals surface area contributed by atoms with Crippen molar-refractivity contribution in [3.8, 4) is 10.4 Å². The number of benzene rings is 1. The van der Waals surface area contributed by atoms with Gasteiger partial charge in [-0.1, -0.05) is 23.9 Å². The van der Waals surface area contributed by atoms with Gasteiger partial charge in [0.25, 0.3) is 5.91 Å². The summed E-state index contributed by atoms with van der Waals surface area (Å²) in [6, 6.07) is 11.6. The highest BCUT2D eigenvalue weighted by Crippen LogP contribution is 2.37. The van der Waals surface area contributed by atoms with Gasteiger partial charge in [0.1, 0.15) is 17.2 Å². The summed E-state index contributed by atoms with van der Waals surface area (Å²) in [6.07, 6.45) is 2.97. The van der Waals surface area contributed by atoms with Crippen molar-refractivity contribution in [2.75, 3.05) is 31.9 Å². The molecule has 0 radical (unpaired) electrons. The Kier molecular flexibility index (Phi) is 6.10. The first-order valence-electron chi connectivity index (χ1n) is 10.3. The highest BCUT2D eigenvalue weighted by atomic mass is 32.2. The lowest BCUT2D eigenvalue weighted by molar-refractivity contribution is -0.129. The van der Waals surface area contributed by atoms with Crippen molar-refractivity contribution in [3.63, 3.8) is 0 Å². The zero-order valence-corrected chi connectivity index (χ0v) is 19.1. The van der Waals surface area contributed by atoms with E-state index in [9.17, 15) is 14.0 Å². The Bertz CT molecular complexity index is 1280. The molecule has 5 rings (SSSR count). The molecule has 0 atom stereocenters. The fourth-order valence-electron chi connectivity index (χ4n) is 3.63. The molecule has 0 bridgehead atoms. The van der Waals surface area contributed by atoms with Crippen molar-refractivity contribution in [2.24, 2.45) is 0 Å². The van der Waals surface area contributed by atoms with E-state index in [0.717, 1.165) is 25.7 Å². The fourth-order valence-corrected chi connectivity index (χ4v) is 5.73. The third-order valence-corrected chi connectivity index (χ3v) is 7.67. The van der Waals surface area contributed by atoms with E-state index in [1.807, 2.05) is 6.07 Å². The number of aromatic nitrogens is 2. The number of furan rings is 1. The van der Waals surface area contributed by atoms with Gasteiger partial charge in [0.2, 0.25) is 5.91 Å². The number of amides is 2. The van der Waals surface area contributed by atoms with Crippen molar-refractivity contribution in [3.05, 3.63) is 66.6 Å². The van der Waals surface area contributed by atoms with Crippen molar-refractivity contribution >= 4 is 45.1 Å². The van der Waals surface area contributed by atoms with Gasteiger partial charge in [-0.25, -0.2) is 14.4 Å². The summed E-state index contributed by atoms with van der Waals surface area (Å²) in [7, 11) is 0. The van der Waals surface area contributed by atoms with Gasteiger partial charge in [-0.05, 0) is 35.9 Å². The first-order chi connectivity index (χ1) is 16.1. The molecule has 168 valence electrons. The van der Waals surface area contributed by atoms with E-state index in [4.69, 9.17) is 4.42 Å². The first kappa shape index (κ1) is 21.6. The van der Waals surface area contributed by atoms with E-state index in [1.54, 1.807) is 34.1 Å². The van der Waals surface area contributed by atoms with Crippen molar-refractivity contribution in [1.29, 1.82) is 0 Å². The molecule has 1 aliphatic heterocycles. The molecule has 1 saturated heterocycles. The number of carbonyl (C=O) groups excluding carboxylic acids is 2. The Morgan fingerprint density at radius 1 is 1.06 bits per heavy atom. The minimum atomic E-state index is -0.277. The van der Waals surface area contributed by atoms with Crippen molar-refractivity contribution in [1.82, 2.24) is 19.8 Å². The number of hydrogen-bond acceptors (Lipinski definition) is 7. The van der Waals surface area contributed by atoms with Crippen LogP contribution in [0.5, 0.6) is 0 Å². The first-order valence-corrected chi connectivity index (χ1v) is 12.1. The second kappa shape index (κ2) is 9.32. The monoisotopic (exact) mass is 482 g/mol. The summed E-state index contributed by atoms with van der Waals surface area (Å²) >= 11 is 2.91. The Morgan fingerprint density at radius 2 is 1.82 bits per heavy atom. The summed E-state index contributed by atoms with van der Waals surface area (Å²) in [6.45, 7) is 1.91. The average molecular weight is 483 g/mol. The van der Waals surface area contributed by atoms with Gasteiger partial charge in [0, 0.05) is 31.1 Å². The number of carbonyl (C=O) groups is 2. The van der Waals surface area contributed by atoms with E-state index < -0.39 is 0 Å². The second-order valence-corrected chi connectivity index (χ2v) is 9.47. The van der Waals surface area contributed by atoms with Crippen LogP contribution >= 0.6 is 23.1 Å². The lowest BCUT2D eigenvalue weighted by Crippen LogP contribution is -2.51. The van der Waals surface area contributed by atoms with Gasteiger partial charge in [-0.3, -0.25) is 9.59 Å². The van der Waals surface area contributed by atoms with Crippen LogP contribution in [0.3, 0.4) is 0 Å². The summed E-state index contributed by atoms with van der Waals surface area (Å²) in [4.78, 5) is 38.3. The molecule has 1 aromatic carbocycles. The minimum Gasteiger partial charge on any atom is -0.459 e. The molecule has 10 heteroatoms. The number of hydrogen-bond donors (Lipinski definition) is 0. The maximum atomic E-state index is 13.2. The van der Waals surface area contributed by atoms with E-state index in [0.29, 0.717) is 31.9 Å². The van der Waals surface area contributed by atoms with Crippen LogP contribution in [-0.2, 0) is 4.79 Å². The van der Waals surface area contributed by atoms with Crippen molar-refractivity contribution in [2.45, 2.75) is 5.03 Å². The fraction of sp³-hybridized carbons (Fsp3) is 0.217. The van der Waals surface area contributed by atoms with Gasteiger partial charge >= 0.3 is 0 Å². The van der Waals surface area contributed by atoms with E-state index in [2.05, 4.69) is 9.97 Å². The SMILES string of the molecule is O=C(CSc1ncnc2cc(-c3ccc(F)cc3)sc12)N1CCN(C(=O)c2ccco2)CC1. The van der Waals surface area contributed by atoms with Gasteiger partial charge in [-0.15, -0.1) is 11.3 Å². The molecule has 0 aliphatic carbocycles. The lowest BCUT2D eigenvalue weighted by atomic mass is 10.2. The Morgan fingerprint density at radius 3 is 2.55 bits per heavy atom. The Balaban J connectivity index is 1.21. The zero-order valence-electron chi connectivity index (χ0n) is 17.4. The van der Waals surface area contributed by atoms with Crippen LogP contribution in [0.1, 0.15) is 10.6 Å². The Hall–Kier alpha value is -3.24. The number of piperazine rings is 1. The molecule has 4 heterocycles. The Labute approximate surface area is 197 Å². The molecule has 33 heavy (non-hydrogen) atoms. The summed E-state index contributed by atoms with van der Waals surface area (Å²) in [5.41, 5.74) is 1.71. The molecular weight excluding hydrogens is 463 g/mol. The number of nitrogens with zero attached hydrogens (tertiary/aromatic N) is 4. The molecule has 1 fully saturated rings. The number of thiophene rings is 1. The zero-order chi connectivity index (χ0) is 22.8. The quantitative estimate of drug-likeness (QED) is 0.314. The van der Waals surface area contributed by atoms with E-state index in [-0.39, 0.29) is 23.4 Å². The predicted molar refractivity (Wildman–Crippen MR) is 125 cm³/mol. The largest absolute Gasteiger partial charge is 0.459 e. The van der Waals surface area contributed by atoms with Crippen LogP contribution in [0.15, 0.2) is 64.5 Å². The van der Waals surface area contributed by atoms with Gasteiger partial charge in [0.15, 0.2) is 5.76 Å². The summed E-state index contributed by atoms with van der Waals surface area (Å²) < 4.78 is 19.3.